The van der Waals surface area contributed by atoms with E-state index in [0.717, 1.165) is 44.0 Å². The highest BCUT2D eigenvalue weighted by Gasteiger charge is 2.47. The van der Waals surface area contributed by atoms with E-state index in [2.05, 4.69) is 16.0 Å². The van der Waals surface area contributed by atoms with Gasteiger partial charge in [-0.25, -0.2) is 0 Å². The molecule has 25 heavy (non-hydrogen) atoms. The summed E-state index contributed by atoms with van der Waals surface area (Å²) >= 11 is 0. The van der Waals surface area contributed by atoms with Crippen LogP contribution >= 0.6 is 0 Å². The fourth-order valence-corrected chi connectivity index (χ4v) is 4.03. The first-order valence-corrected chi connectivity index (χ1v) is 8.60. The maximum atomic E-state index is 12.6. The minimum absolute atomic E-state index is 0.0223. The lowest BCUT2D eigenvalue weighted by molar-refractivity contribution is -0.117. The molecular weight excluding hydrogens is 312 g/mol. The van der Waals surface area contributed by atoms with E-state index in [1.807, 2.05) is 41.4 Å². The molecule has 1 amide bonds. The van der Waals surface area contributed by atoms with Crippen LogP contribution in [-0.2, 0) is 11.3 Å². The van der Waals surface area contributed by atoms with E-state index in [4.69, 9.17) is 5.26 Å². The second kappa shape index (κ2) is 6.30. The largest absolute Gasteiger partial charge is 0.312 e. The number of anilines is 1. The standard InChI is InChI=1S/C20H20N4O/c21-12-16-4-3-6-18(10-16)24-15-20(11-19(24)25)7-9-23(14-20)13-17-5-1-2-8-22-17/h1-6,8,10H,7,9,11,13-15H2. The zero-order valence-corrected chi connectivity index (χ0v) is 14.1. The lowest BCUT2D eigenvalue weighted by atomic mass is 9.86. The Kier molecular flexibility index (Phi) is 3.98. The highest BCUT2D eigenvalue weighted by molar-refractivity contribution is 5.96. The second-order valence-corrected chi connectivity index (χ2v) is 7.10. The molecule has 5 nitrogen and oxygen atoms in total. The van der Waals surface area contributed by atoms with Gasteiger partial charge in [0.05, 0.1) is 17.3 Å². The minimum Gasteiger partial charge on any atom is -0.312 e. The molecular formula is C20H20N4O. The van der Waals surface area contributed by atoms with Crippen molar-refractivity contribution in [2.75, 3.05) is 24.5 Å². The molecule has 2 aliphatic heterocycles. The predicted molar refractivity (Wildman–Crippen MR) is 94.7 cm³/mol. The Balaban J connectivity index is 1.47. The van der Waals surface area contributed by atoms with Gasteiger partial charge in [-0.2, -0.15) is 5.26 Å². The van der Waals surface area contributed by atoms with Crippen LogP contribution in [-0.4, -0.2) is 35.4 Å². The molecule has 5 heteroatoms. The molecule has 1 aromatic heterocycles. The first-order valence-electron chi connectivity index (χ1n) is 8.60. The lowest BCUT2D eigenvalue weighted by Gasteiger charge is -2.24. The van der Waals surface area contributed by atoms with Gasteiger partial charge in [0.2, 0.25) is 5.91 Å². The van der Waals surface area contributed by atoms with Crippen LogP contribution < -0.4 is 4.90 Å². The van der Waals surface area contributed by atoms with Crippen LogP contribution in [0.15, 0.2) is 48.7 Å². The van der Waals surface area contributed by atoms with Gasteiger partial charge in [-0.1, -0.05) is 12.1 Å². The molecule has 1 aromatic carbocycles. The number of carbonyl (C=O) groups is 1. The molecule has 0 radical (unpaired) electrons. The Hall–Kier alpha value is -2.71. The quantitative estimate of drug-likeness (QED) is 0.867. The van der Waals surface area contributed by atoms with Crippen LogP contribution in [0.25, 0.3) is 0 Å². The van der Waals surface area contributed by atoms with E-state index in [1.54, 1.807) is 12.1 Å². The van der Waals surface area contributed by atoms with Crippen molar-refractivity contribution in [1.29, 1.82) is 5.26 Å². The number of carbonyl (C=O) groups excluding carboxylic acids is 1. The number of aromatic nitrogens is 1. The molecule has 2 aliphatic rings. The average molecular weight is 332 g/mol. The Labute approximate surface area is 147 Å². The van der Waals surface area contributed by atoms with Gasteiger partial charge >= 0.3 is 0 Å². The molecule has 1 spiro atoms. The monoisotopic (exact) mass is 332 g/mol. The predicted octanol–water partition coefficient (Wildman–Crippen LogP) is 2.58. The van der Waals surface area contributed by atoms with Crippen LogP contribution in [0.1, 0.15) is 24.1 Å². The van der Waals surface area contributed by atoms with E-state index in [9.17, 15) is 4.79 Å². The smallest absolute Gasteiger partial charge is 0.227 e. The Bertz CT molecular complexity index is 829. The molecule has 3 heterocycles. The summed E-state index contributed by atoms with van der Waals surface area (Å²) in [6.07, 6.45) is 3.44. The third-order valence-corrected chi connectivity index (χ3v) is 5.24. The number of nitrogens with zero attached hydrogens (tertiary/aromatic N) is 4. The molecule has 2 fully saturated rings. The number of pyridine rings is 1. The van der Waals surface area contributed by atoms with E-state index in [-0.39, 0.29) is 11.3 Å². The third kappa shape index (κ3) is 3.13. The lowest BCUT2D eigenvalue weighted by Crippen LogP contribution is -2.31. The average Bonchev–Trinajstić information content (AvgIpc) is 3.18. The van der Waals surface area contributed by atoms with Gasteiger partial charge in [-0.15, -0.1) is 0 Å². The number of benzene rings is 1. The van der Waals surface area contributed by atoms with Crippen molar-refractivity contribution in [3.63, 3.8) is 0 Å². The molecule has 4 rings (SSSR count). The normalized spacial score (nSPS) is 23.3. The molecule has 0 N–H and O–H groups in total. The third-order valence-electron chi connectivity index (χ3n) is 5.24. The Morgan fingerprint density at radius 3 is 2.92 bits per heavy atom. The van der Waals surface area contributed by atoms with E-state index >= 15 is 0 Å². The molecule has 126 valence electrons. The minimum atomic E-state index is 0.0223. The van der Waals surface area contributed by atoms with Crippen molar-refractivity contribution < 1.29 is 4.79 Å². The summed E-state index contributed by atoms with van der Waals surface area (Å²) in [7, 11) is 0. The summed E-state index contributed by atoms with van der Waals surface area (Å²) < 4.78 is 0. The molecule has 1 atom stereocenters. The molecule has 0 bridgehead atoms. The Morgan fingerprint density at radius 2 is 2.12 bits per heavy atom. The summed E-state index contributed by atoms with van der Waals surface area (Å²) in [5.41, 5.74) is 2.52. The second-order valence-electron chi connectivity index (χ2n) is 7.10. The van der Waals surface area contributed by atoms with Crippen molar-refractivity contribution in [3.8, 4) is 6.07 Å². The number of nitriles is 1. The topological polar surface area (TPSA) is 60.2 Å². The van der Waals surface area contributed by atoms with Crippen molar-refractivity contribution >= 4 is 11.6 Å². The van der Waals surface area contributed by atoms with E-state index in [0.29, 0.717) is 12.0 Å². The molecule has 0 saturated carbocycles. The number of amides is 1. The van der Waals surface area contributed by atoms with Gasteiger partial charge in [0.1, 0.15) is 0 Å². The van der Waals surface area contributed by atoms with Gasteiger partial charge in [-0.05, 0) is 43.3 Å². The van der Waals surface area contributed by atoms with Crippen LogP contribution in [0.4, 0.5) is 5.69 Å². The number of likely N-dealkylation sites (tertiary alicyclic amines) is 1. The number of rotatable bonds is 3. The summed E-state index contributed by atoms with van der Waals surface area (Å²) in [6.45, 7) is 3.49. The van der Waals surface area contributed by atoms with Gasteiger partial charge in [0.25, 0.3) is 0 Å². The van der Waals surface area contributed by atoms with Crippen molar-refractivity contribution in [1.82, 2.24) is 9.88 Å². The maximum absolute atomic E-state index is 12.6. The van der Waals surface area contributed by atoms with Crippen LogP contribution in [0, 0.1) is 16.7 Å². The zero-order valence-electron chi connectivity index (χ0n) is 14.1. The molecule has 0 aliphatic carbocycles. The number of hydrogen-bond acceptors (Lipinski definition) is 4. The van der Waals surface area contributed by atoms with E-state index in [1.165, 1.54) is 0 Å². The van der Waals surface area contributed by atoms with Crippen molar-refractivity contribution in [2.24, 2.45) is 5.41 Å². The fraction of sp³-hybridized carbons (Fsp3) is 0.350. The van der Waals surface area contributed by atoms with Crippen LogP contribution in [0.3, 0.4) is 0 Å². The summed E-state index contributed by atoms with van der Waals surface area (Å²) in [6, 6.07) is 15.5. The fourth-order valence-electron chi connectivity index (χ4n) is 4.03. The highest BCUT2D eigenvalue weighted by Crippen LogP contribution is 2.42. The maximum Gasteiger partial charge on any atom is 0.227 e. The van der Waals surface area contributed by atoms with Crippen LogP contribution in [0.2, 0.25) is 0 Å². The highest BCUT2D eigenvalue weighted by atomic mass is 16.2. The van der Waals surface area contributed by atoms with Gasteiger partial charge in [0.15, 0.2) is 0 Å². The Morgan fingerprint density at radius 1 is 1.20 bits per heavy atom. The van der Waals surface area contributed by atoms with Gasteiger partial charge in [0, 0.05) is 43.4 Å². The van der Waals surface area contributed by atoms with Gasteiger partial charge < -0.3 is 4.90 Å². The summed E-state index contributed by atoms with van der Waals surface area (Å²) in [5, 5.41) is 9.08. The number of hydrogen-bond donors (Lipinski definition) is 0. The van der Waals surface area contributed by atoms with Crippen molar-refractivity contribution in [2.45, 2.75) is 19.4 Å². The van der Waals surface area contributed by atoms with Gasteiger partial charge in [-0.3, -0.25) is 14.7 Å². The zero-order chi connectivity index (χ0) is 17.3. The van der Waals surface area contributed by atoms with Crippen LogP contribution in [0.5, 0.6) is 0 Å². The molecule has 1 unspecified atom stereocenters. The summed E-state index contributed by atoms with van der Waals surface area (Å²) in [4.78, 5) is 21.3. The molecule has 2 saturated heterocycles. The first kappa shape index (κ1) is 15.8. The first-order chi connectivity index (χ1) is 12.2. The van der Waals surface area contributed by atoms with Crippen molar-refractivity contribution in [3.05, 3.63) is 59.9 Å². The summed E-state index contributed by atoms with van der Waals surface area (Å²) in [5.74, 6) is 0.162. The molecule has 2 aromatic rings. The van der Waals surface area contributed by atoms with E-state index < -0.39 is 0 Å². The SMILES string of the molecule is N#Cc1cccc(N2CC3(CCN(Cc4ccccn4)C3)CC2=O)c1.